The van der Waals surface area contributed by atoms with Crippen LogP contribution in [0, 0.1) is 17.8 Å². The number of benzene rings is 1. The second-order valence-corrected chi connectivity index (χ2v) is 9.97. The molecule has 6 rings (SSSR count). The largest absolute Gasteiger partial charge is 0.371 e. The number of hydrogen-bond donors (Lipinski definition) is 0. The van der Waals surface area contributed by atoms with Crippen LogP contribution in [-0.4, -0.2) is 36.0 Å². The lowest BCUT2D eigenvalue weighted by atomic mass is 9.52. The van der Waals surface area contributed by atoms with Gasteiger partial charge in [-0.2, -0.15) is 0 Å². The van der Waals surface area contributed by atoms with Crippen LogP contribution < -0.4 is 5.30 Å². The molecule has 2 atom stereocenters. The highest BCUT2D eigenvalue weighted by Crippen LogP contribution is 2.58. The van der Waals surface area contributed by atoms with E-state index < -0.39 is 0 Å². The number of nitrogens with zero attached hydrogens (tertiary/aromatic N) is 1. The van der Waals surface area contributed by atoms with Gasteiger partial charge in [-0.15, -0.1) is 0 Å². The van der Waals surface area contributed by atoms with Gasteiger partial charge < -0.3 is 4.74 Å². The molecule has 0 radical (unpaired) electrons. The first-order valence-electron chi connectivity index (χ1n) is 9.47. The van der Waals surface area contributed by atoms with Crippen molar-refractivity contribution in [2.75, 3.05) is 19.7 Å². The Kier molecular flexibility index (Phi) is 3.77. The van der Waals surface area contributed by atoms with E-state index in [4.69, 9.17) is 4.74 Å². The minimum Gasteiger partial charge on any atom is -0.371 e. The van der Waals surface area contributed by atoms with Gasteiger partial charge in [0.2, 0.25) is 0 Å². The second kappa shape index (κ2) is 5.83. The molecule has 1 aromatic carbocycles. The zero-order valence-electron chi connectivity index (χ0n) is 13.9. The van der Waals surface area contributed by atoms with Gasteiger partial charge in [0.05, 0.1) is 12.5 Å². The van der Waals surface area contributed by atoms with Crippen LogP contribution in [0.25, 0.3) is 0 Å². The molecule has 124 valence electrons. The summed E-state index contributed by atoms with van der Waals surface area (Å²) in [6.45, 7) is 3.27. The molecule has 5 fully saturated rings. The average Bonchev–Trinajstić information content (AvgIpc) is 2.55. The zero-order valence-corrected chi connectivity index (χ0v) is 14.9. The van der Waals surface area contributed by atoms with Gasteiger partial charge in [-0.25, -0.2) is 0 Å². The van der Waals surface area contributed by atoms with E-state index in [1.165, 1.54) is 56.9 Å². The van der Waals surface area contributed by atoms with Crippen molar-refractivity contribution < 1.29 is 4.74 Å². The van der Waals surface area contributed by atoms with E-state index in [-0.39, 0.29) is 0 Å². The summed E-state index contributed by atoms with van der Waals surface area (Å²) in [7, 11) is 0.795. The van der Waals surface area contributed by atoms with E-state index in [1.807, 2.05) is 0 Å². The molecule has 0 N–H and O–H groups in total. The van der Waals surface area contributed by atoms with Crippen LogP contribution in [0.15, 0.2) is 30.3 Å². The molecule has 0 aromatic heterocycles. The van der Waals surface area contributed by atoms with Crippen LogP contribution in [0.4, 0.5) is 0 Å². The van der Waals surface area contributed by atoms with Gasteiger partial charge in [0.1, 0.15) is 0 Å². The van der Waals surface area contributed by atoms with E-state index >= 15 is 0 Å². The Morgan fingerprint density at radius 2 is 1.61 bits per heavy atom. The molecule has 5 aliphatic rings. The van der Waals surface area contributed by atoms with Crippen LogP contribution in [-0.2, 0) is 4.74 Å². The van der Waals surface area contributed by atoms with Crippen LogP contribution in [0.5, 0.6) is 0 Å². The highest BCUT2D eigenvalue weighted by molar-refractivity contribution is 7.47. The van der Waals surface area contributed by atoms with Crippen LogP contribution >= 0.6 is 8.58 Å². The smallest absolute Gasteiger partial charge is 0.0905 e. The number of rotatable bonds is 3. The molecule has 2 nitrogen and oxygen atoms in total. The van der Waals surface area contributed by atoms with Gasteiger partial charge in [0, 0.05) is 18.6 Å². The van der Waals surface area contributed by atoms with Crippen molar-refractivity contribution in [1.29, 1.82) is 0 Å². The normalized spacial score (nSPS) is 43.5. The Morgan fingerprint density at radius 1 is 0.957 bits per heavy atom. The Hall–Kier alpha value is -0.430. The molecule has 3 heteroatoms. The average molecular weight is 329 g/mol. The SMILES string of the molecule is c1ccc(PC2CN(C34CC5CC(CC(C5)C3)C4)CCO2)cc1. The summed E-state index contributed by atoms with van der Waals surface area (Å²) in [5.74, 6) is 3.54. The van der Waals surface area contributed by atoms with Crippen molar-refractivity contribution in [2.45, 2.75) is 49.9 Å². The standard InChI is InChI=1S/C20H28NOP/c1-2-4-18(5-3-1)23-19-14-21(6-7-22-19)20-11-15-8-16(12-20)10-17(9-15)13-20/h1-5,15-17,19,23H,6-14H2. The van der Waals surface area contributed by atoms with Crippen molar-refractivity contribution in [3.63, 3.8) is 0 Å². The maximum atomic E-state index is 6.15. The molecule has 0 amide bonds. The highest BCUT2D eigenvalue weighted by atomic mass is 31.1. The minimum atomic E-state index is 0.416. The van der Waals surface area contributed by atoms with E-state index in [0.717, 1.165) is 32.9 Å². The molecule has 1 aromatic rings. The molecule has 0 spiro atoms. The van der Waals surface area contributed by atoms with Crippen LogP contribution in [0.3, 0.4) is 0 Å². The van der Waals surface area contributed by atoms with Crippen molar-refractivity contribution in [1.82, 2.24) is 4.90 Å². The predicted molar refractivity (Wildman–Crippen MR) is 96.6 cm³/mol. The first-order chi connectivity index (χ1) is 11.3. The van der Waals surface area contributed by atoms with Gasteiger partial charge in [0.15, 0.2) is 0 Å². The summed E-state index contributed by atoms with van der Waals surface area (Å²) in [4.78, 5) is 2.88. The van der Waals surface area contributed by atoms with Crippen molar-refractivity contribution >= 4 is 13.9 Å². The molecule has 1 saturated heterocycles. The second-order valence-electron chi connectivity index (χ2n) is 8.46. The molecule has 2 unspecified atom stereocenters. The number of morpholine rings is 1. The summed E-state index contributed by atoms with van der Waals surface area (Å²) < 4.78 is 6.15. The zero-order chi connectivity index (χ0) is 15.3. The maximum Gasteiger partial charge on any atom is 0.0905 e. The Morgan fingerprint density at radius 3 is 2.26 bits per heavy atom. The summed E-state index contributed by atoms with van der Waals surface area (Å²) in [6.07, 6.45) is 9.08. The first-order valence-corrected chi connectivity index (χ1v) is 10.6. The third-order valence-corrected chi connectivity index (χ3v) is 8.18. The van der Waals surface area contributed by atoms with Gasteiger partial charge in [-0.3, -0.25) is 4.90 Å². The number of ether oxygens (including phenoxy) is 1. The quantitative estimate of drug-likeness (QED) is 0.786. The Labute approximate surface area is 141 Å². The third kappa shape index (κ3) is 2.77. The topological polar surface area (TPSA) is 12.5 Å². The van der Waals surface area contributed by atoms with Crippen LogP contribution in [0.2, 0.25) is 0 Å². The summed E-state index contributed by atoms with van der Waals surface area (Å²) >= 11 is 0. The first kappa shape index (κ1) is 14.9. The van der Waals surface area contributed by atoms with E-state index in [1.54, 1.807) is 0 Å². The Balaban J connectivity index is 1.31. The highest BCUT2D eigenvalue weighted by Gasteiger charge is 2.53. The molecular formula is C20H28NOP. The van der Waals surface area contributed by atoms with Gasteiger partial charge >= 0.3 is 0 Å². The van der Waals surface area contributed by atoms with E-state index in [2.05, 4.69) is 35.2 Å². The Bertz CT molecular complexity index is 525. The number of hydrogen-bond acceptors (Lipinski definition) is 2. The maximum absolute atomic E-state index is 6.15. The fraction of sp³-hybridized carbons (Fsp3) is 0.700. The van der Waals surface area contributed by atoms with Crippen LogP contribution in [0.1, 0.15) is 38.5 Å². The van der Waals surface area contributed by atoms with Gasteiger partial charge in [0.25, 0.3) is 0 Å². The van der Waals surface area contributed by atoms with Crippen molar-refractivity contribution in [2.24, 2.45) is 17.8 Å². The summed E-state index contributed by atoms with van der Waals surface area (Å²) in [6, 6.07) is 10.9. The molecule has 1 aliphatic heterocycles. The molecule has 4 aliphatic carbocycles. The third-order valence-electron chi connectivity index (χ3n) is 6.84. The summed E-state index contributed by atoms with van der Waals surface area (Å²) in [5.41, 5.74) is 0.554. The lowest BCUT2D eigenvalue weighted by Crippen LogP contribution is -2.63. The molecule has 23 heavy (non-hydrogen) atoms. The lowest BCUT2D eigenvalue weighted by Gasteiger charge is -2.61. The molecular weight excluding hydrogens is 301 g/mol. The fourth-order valence-electron chi connectivity index (χ4n) is 6.34. The molecule has 4 saturated carbocycles. The molecule has 1 heterocycles. The van der Waals surface area contributed by atoms with Gasteiger partial charge in [-0.05, 0) is 61.6 Å². The minimum absolute atomic E-state index is 0.416. The van der Waals surface area contributed by atoms with Gasteiger partial charge in [-0.1, -0.05) is 38.9 Å². The van der Waals surface area contributed by atoms with Crippen molar-refractivity contribution in [3.05, 3.63) is 30.3 Å². The van der Waals surface area contributed by atoms with E-state index in [0.29, 0.717) is 11.4 Å². The monoisotopic (exact) mass is 329 g/mol. The van der Waals surface area contributed by atoms with Crippen molar-refractivity contribution in [3.8, 4) is 0 Å². The lowest BCUT2D eigenvalue weighted by molar-refractivity contribution is -0.121. The fourth-order valence-corrected chi connectivity index (χ4v) is 7.61. The predicted octanol–water partition coefficient (Wildman–Crippen LogP) is 3.62. The molecule has 4 bridgehead atoms. The summed E-state index contributed by atoms with van der Waals surface area (Å²) in [5, 5.41) is 1.45. The van der Waals surface area contributed by atoms with E-state index in [9.17, 15) is 0 Å².